The molecule has 0 aromatic rings. The number of hydrogen-bond acceptors (Lipinski definition) is 2. The van der Waals surface area contributed by atoms with Crippen molar-refractivity contribution in [2.75, 3.05) is 13.2 Å². The van der Waals surface area contributed by atoms with Crippen LogP contribution in [0.15, 0.2) is 0 Å². The molecule has 2 N–H and O–H groups in total. The molecule has 2 heteroatoms. The summed E-state index contributed by atoms with van der Waals surface area (Å²) in [6.45, 7) is 3.06. The van der Waals surface area contributed by atoms with Crippen LogP contribution in [0.4, 0.5) is 0 Å². The first-order valence-corrected chi connectivity index (χ1v) is 2.65. The average Bonchev–Trinajstić information content (AvgIpc) is 1.81. The summed E-state index contributed by atoms with van der Waals surface area (Å²) in [6, 6.07) is 0. The van der Waals surface area contributed by atoms with Gasteiger partial charge in [-0.1, -0.05) is 5.92 Å². The van der Waals surface area contributed by atoms with Crippen molar-refractivity contribution in [2.24, 2.45) is 5.73 Å². The quantitative estimate of drug-likeness (QED) is 0.423. The molecule has 8 heavy (non-hydrogen) atoms. The largest absolute Gasteiger partial charge is 0.447 e. The van der Waals surface area contributed by atoms with Gasteiger partial charge in [-0.3, -0.25) is 0 Å². The van der Waals surface area contributed by atoms with Gasteiger partial charge in [0, 0.05) is 6.92 Å². The van der Waals surface area contributed by atoms with Crippen LogP contribution in [0, 0.1) is 12.0 Å². The van der Waals surface area contributed by atoms with Crippen molar-refractivity contribution in [3.8, 4) is 12.0 Å². The Hall–Kier alpha value is -0.680. The zero-order valence-corrected chi connectivity index (χ0v) is 5.11. The normalized spacial score (nSPS) is 7.25. The molecule has 0 aliphatic rings. The molecule has 2 nitrogen and oxygen atoms in total. The monoisotopic (exact) mass is 113 g/mol. The molecule has 0 saturated heterocycles. The highest BCUT2D eigenvalue weighted by molar-refractivity contribution is 4.84. The molecule has 0 heterocycles. The maximum Gasteiger partial charge on any atom is 0.109 e. The summed E-state index contributed by atoms with van der Waals surface area (Å²) in [7, 11) is 0. The molecule has 0 aliphatic heterocycles. The second kappa shape index (κ2) is 6.32. The van der Waals surface area contributed by atoms with Crippen LogP contribution in [0.25, 0.3) is 0 Å². The molecule has 0 rings (SSSR count). The van der Waals surface area contributed by atoms with Crippen LogP contribution in [0.5, 0.6) is 0 Å². The van der Waals surface area contributed by atoms with E-state index in [4.69, 9.17) is 10.5 Å². The second-order valence-electron chi connectivity index (χ2n) is 1.34. The molecular formula is C6H11NO. The van der Waals surface area contributed by atoms with Crippen LogP contribution in [0.2, 0.25) is 0 Å². The number of nitrogens with two attached hydrogens (primary N) is 1. The van der Waals surface area contributed by atoms with E-state index in [1.54, 1.807) is 6.92 Å². The van der Waals surface area contributed by atoms with Crippen molar-refractivity contribution in [2.45, 2.75) is 13.3 Å². The van der Waals surface area contributed by atoms with Gasteiger partial charge in [0.1, 0.15) is 12.7 Å². The molecule has 0 fully saturated rings. The van der Waals surface area contributed by atoms with Crippen molar-refractivity contribution in [1.82, 2.24) is 0 Å². The smallest absolute Gasteiger partial charge is 0.109 e. The first-order chi connectivity index (χ1) is 3.91. The zero-order valence-electron chi connectivity index (χ0n) is 5.11. The van der Waals surface area contributed by atoms with Crippen molar-refractivity contribution in [3.63, 3.8) is 0 Å². The van der Waals surface area contributed by atoms with E-state index in [-0.39, 0.29) is 0 Å². The van der Waals surface area contributed by atoms with Gasteiger partial charge in [-0.15, -0.1) is 0 Å². The molecule has 0 aliphatic carbocycles. The van der Waals surface area contributed by atoms with Gasteiger partial charge in [-0.25, -0.2) is 0 Å². The molecule has 46 valence electrons. The van der Waals surface area contributed by atoms with E-state index >= 15 is 0 Å². The standard InChI is InChI=1S/C6H11NO/c1-2-5-8-6-3-4-7/h3-4,6-7H2,1H3. The molecule has 0 spiro atoms. The highest BCUT2D eigenvalue weighted by Gasteiger charge is 1.77. The third kappa shape index (κ3) is 5.32. The first-order valence-electron chi connectivity index (χ1n) is 2.65. The van der Waals surface area contributed by atoms with Crippen molar-refractivity contribution in [3.05, 3.63) is 0 Å². The van der Waals surface area contributed by atoms with Crippen LogP contribution in [-0.2, 0) is 4.74 Å². The van der Waals surface area contributed by atoms with Crippen molar-refractivity contribution < 1.29 is 4.74 Å². The Balaban J connectivity index is 2.79. The van der Waals surface area contributed by atoms with Crippen molar-refractivity contribution in [1.29, 1.82) is 0 Å². The molecular weight excluding hydrogens is 102 g/mol. The minimum atomic E-state index is 0.650. The number of ether oxygens (including phenoxy) is 1. The van der Waals surface area contributed by atoms with Crippen LogP contribution in [-0.4, -0.2) is 13.2 Å². The zero-order chi connectivity index (χ0) is 6.24. The summed E-state index contributed by atoms with van der Waals surface area (Å²) in [5.74, 6) is 2.61. The van der Waals surface area contributed by atoms with Gasteiger partial charge >= 0.3 is 0 Å². The summed E-state index contributed by atoms with van der Waals surface area (Å²) >= 11 is 0. The summed E-state index contributed by atoms with van der Waals surface area (Å²) < 4.78 is 4.78. The SMILES string of the molecule is CC#COCCCN. The summed E-state index contributed by atoms with van der Waals surface area (Å²) in [5, 5.41) is 0. The van der Waals surface area contributed by atoms with Crippen LogP contribution < -0.4 is 5.73 Å². The lowest BCUT2D eigenvalue weighted by Crippen LogP contribution is -2.01. The maximum absolute atomic E-state index is 5.18. The summed E-state index contributed by atoms with van der Waals surface area (Å²) in [5.41, 5.74) is 5.18. The van der Waals surface area contributed by atoms with Gasteiger partial charge in [0.25, 0.3) is 0 Å². The third-order valence-electron chi connectivity index (χ3n) is 0.625. The summed E-state index contributed by atoms with van der Waals surface area (Å²) in [6.07, 6.45) is 3.36. The van der Waals surface area contributed by atoms with Crippen LogP contribution in [0.3, 0.4) is 0 Å². The molecule has 0 aromatic carbocycles. The number of rotatable bonds is 3. The lowest BCUT2D eigenvalue weighted by atomic mass is 10.5. The fourth-order valence-corrected chi connectivity index (χ4v) is 0.279. The minimum Gasteiger partial charge on any atom is -0.447 e. The first kappa shape index (κ1) is 7.32. The fourth-order valence-electron chi connectivity index (χ4n) is 0.279. The van der Waals surface area contributed by atoms with E-state index in [0.717, 1.165) is 6.42 Å². The predicted molar refractivity (Wildman–Crippen MR) is 33.1 cm³/mol. The summed E-state index contributed by atoms with van der Waals surface area (Å²) in [4.78, 5) is 0. The van der Waals surface area contributed by atoms with E-state index < -0.39 is 0 Å². The topological polar surface area (TPSA) is 35.2 Å². The Kier molecular flexibility index (Phi) is 5.78. The van der Waals surface area contributed by atoms with Gasteiger partial charge in [0.2, 0.25) is 0 Å². The van der Waals surface area contributed by atoms with Gasteiger partial charge < -0.3 is 10.5 Å². The van der Waals surface area contributed by atoms with Gasteiger partial charge in [0.15, 0.2) is 0 Å². The lowest BCUT2D eigenvalue weighted by Gasteiger charge is -1.91. The fraction of sp³-hybridized carbons (Fsp3) is 0.667. The molecule has 0 aromatic heterocycles. The lowest BCUT2D eigenvalue weighted by molar-refractivity contribution is 0.274. The van der Waals surface area contributed by atoms with Gasteiger partial charge in [0.05, 0.1) is 0 Å². The van der Waals surface area contributed by atoms with Crippen LogP contribution in [0.1, 0.15) is 13.3 Å². The molecule has 0 atom stereocenters. The Bertz CT molecular complexity index is 90.4. The predicted octanol–water partition coefficient (Wildman–Crippen LogP) is 0.333. The van der Waals surface area contributed by atoms with E-state index in [1.165, 1.54) is 0 Å². The van der Waals surface area contributed by atoms with Gasteiger partial charge in [-0.2, -0.15) is 0 Å². The Labute approximate surface area is 50.0 Å². The van der Waals surface area contributed by atoms with Crippen molar-refractivity contribution >= 4 is 0 Å². The molecule has 0 bridgehead atoms. The Morgan fingerprint density at radius 3 is 2.88 bits per heavy atom. The Morgan fingerprint density at radius 1 is 1.62 bits per heavy atom. The minimum absolute atomic E-state index is 0.650. The highest BCUT2D eigenvalue weighted by atomic mass is 16.5. The second-order valence-corrected chi connectivity index (χ2v) is 1.34. The van der Waals surface area contributed by atoms with E-state index in [0.29, 0.717) is 13.2 Å². The molecule has 0 unspecified atom stereocenters. The maximum atomic E-state index is 5.18. The van der Waals surface area contributed by atoms with Gasteiger partial charge in [-0.05, 0) is 13.0 Å². The third-order valence-corrected chi connectivity index (χ3v) is 0.625. The molecule has 0 amide bonds. The Morgan fingerprint density at radius 2 is 2.38 bits per heavy atom. The van der Waals surface area contributed by atoms with E-state index in [9.17, 15) is 0 Å². The average molecular weight is 113 g/mol. The van der Waals surface area contributed by atoms with E-state index in [2.05, 4.69) is 12.0 Å². The molecule has 0 radical (unpaired) electrons. The molecule has 0 saturated carbocycles. The highest BCUT2D eigenvalue weighted by Crippen LogP contribution is 1.74. The van der Waals surface area contributed by atoms with Crippen LogP contribution >= 0.6 is 0 Å². The van der Waals surface area contributed by atoms with E-state index in [1.807, 2.05) is 0 Å². The number of hydrogen-bond donors (Lipinski definition) is 1.